The molecule has 0 radical (unpaired) electrons. The van der Waals surface area contributed by atoms with Gasteiger partial charge in [-0.05, 0) is 62.6 Å². The maximum Gasteiger partial charge on any atom is 0.254 e. The number of carbonyl (C=O) groups excluding carboxylic acids is 1. The molecule has 4 rings (SSSR count). The molecule has 1 amide bonds. The van der Waals surface area contributed by atoms with Crippen molar-refractivity contribution in [1.29, 1.82) is 0 Å². The summed E-state index contributed by atoms with van der Waals surface area (Å²) in [5.74, 6) is -0.179. The number of hydrogen-bond acceptors (Lipinski definition) is 3. The van der Waals surface area contributed by atoms with Gasteiger partial charge in [-0.1, -0.05) is 30.3 Å². The van der Waals surface area contributed by atoms with Crippen LogP contribution in [0.1, 0.15) is 36.5 Å². The van der Waals surface area contributed by atoms with Crippen molar-refractivity contribution in [1.82, 2.24) is 9.88 Å². The van der Waals surface area contributed by atoms with Crippen LogP contribution in [0.4, 0.5) is 4.39 Å². The highest BCUT2D eigenvalue weighted by atomic mass is 19.1. The lowest BCUT2D eigenvalue weighted by atomic mass is 9.96. The molecule has 2 atom stereocenters. The van der Waals surface area contributed by atoms with Crippen LogP contribution in [0.3, 0.4) is 0 Å². The van der Waals surface area contributed by atoms with Crippen molar-refractivity contribution >= 4 is 5.91 Å². The molecule has 2 heterocycles. The number of hydrogen-bond donors (Lipinski definition) is 0. The molecule has 4 nitrogen and oxygen atoms in total. The fourth-order valence-electron chi connectivity index (χ4n) is 4.00. The largest absolute Gasteiger partial charge is 0.485 e. The number of piperidine rings is 1. The van der Waals surface area contributed by atoms with Gasteiger partial charge in [0.1, 0.15) is 6.10 Å². The smallest absolute Gasteiger partial charge is 0.254 e. The van der Waals surface area contributed by atoms with Crippen LogP contribution >= 0.6 is 0 Å². The van der Waals surface area contributed by atoms with Crippen LogP contribution in [0.2, 0.25) is 0 Å². The van der Waals surface area contributed by atoms with Gasteiger partial charge >= 0.3 is 0 Å². The molecule has 0 bridgehead atoms. The van der Waals surface area contributed by atoms with E-state index in [2.05, 4.69) is 4.98 Å². The molecule has 0 spiro atoms. The molecule has 0 aliphatic carbocycles. The average Bonchev–Trinajstić information content (AvgIpc) is 2.81. The minimum atomic E-state index is -0.386. The van der Waals surface area contributed by atoms with E-state index in [1.807, 2.05) is 54.3 Å². The molecular weight excluding hydrogens is 379 g/mol. The average molecular weight is 404 g/mol. The third kappa shape index (κ3) is 4.35. The van der Waals surface area contributed by atoms with E-state index >= 15 is 0 Å². The first-order valence-electron chi connectivity index (χ1n) is 10.4. The first-order chi connectivity index (χ1) is 14.6. The van der Waals surface area contributed by atoms with Crippen molar-refractivity contribution in [2.45, 2.75) is 38.3 Å². The number of ether oxygens (including phenoxy) is 1. The summed E-state index contributed by atoms with van der Waals surface area (Å²) in [5.41, 5.74) is 2.48. The lowest BCUT2D eigenvalue weighted by Crippen LogP contribution is -2.50. The van der Waals surface area contributed by atoms with Crippen molar-refractivity contribution in [2.75, 3.05) is 6.54 Å². The van der Waals surface area contributed by atoms with E-state index in [-0.39, 0.29) is 29.6 Å². The molecule has 2 aromatic carbocycles. The molecule has 1 aliphatic heterocycles. The SMILES string of the molecule is CC(Oc1ccccc1F)C1CCCCN1C(=O)c1ccc(-c2ccccn2)cc1. The van der Waals surface area contributed by atoms with Crippen LogP contribution in [0, 0.1) is 5.82 Å². The zero-order valence-corrected chi connectivity index (χ0v) is 17.0. The fraction of sp³-hybridized carbons (Fsp3) is 0.280. The number of amides is 1. The van der Waals surface area contributed by atoms with Gasteiger partial charge in [-0.2, -0.15) is 0 Å². The Labute approximate surface area is 176 Å². The van der Waals surface area contributed by atoms with E-state index in [0.717, 1.165) is 30.5 Å². The van der Waals surface area contributed by atoms with Crippen LogP contribution in [-0.2, 0) is 0 Å². The summed E-state index contributed by atoms with van der Waals surface area (Å²) in [4.78, 5) is 19.5. The number of carbonyl (C=O) groups is 1. The fourth-order valence-corrected chi connectivity index (χ4v) is 4.00. The summed E-state index contributed by atoms with van der Waals surface area (Å²) >= 11 is 0. The Kier molecular flexibility index (Phi) is 6.07. The second kappa shape index (κ2) is 9.08. The molecule has 1 fully saturated rings. The van der Waals surface area contributed by atoms with Crippen LogP contribution < -0.4 is 4.74 Å². The van der Waals surface area contributed by atoms with E-state index in [4.69, 9.17) is 4.74 Å². The number of halogens is 1. The monoisotopic (exact) mass is 404 g/mol. The summed E-state index contributed by atoms with van der Waals surface area (Å²) in [6.45, 7) is 2.59. The van der Waals surface area contributed by atoms with Crippen molar-refractivity contribution < 1.29 is 13.9 Å². The predicted molar refractivity (Wildman–Crippen MR) is 115 cm³/mol. The van der Waals surface area contributed by atoms with Gasteiger partial charge in [-0.3, -0.25) is 9.78 Å². The Morgan fingerprint density at radius 3 is 2.57 bits per heavy atom. The molecule has 1 aliphatic rings. The zero-order chi connectivity index (χ0) is 20.9. The molecule has 1 aromatic heterocycles. The Bertz CT molecular complexity index is 992. The Hall–Kier alpha value is -3.21. The third-order valence-electron chi connectivity index (χ3n) is 5.59. The maximum atomic E-state index is 14.0. The predicted octanol–water partition coefficient (Wildman–Crippen LogP) is 5.35. The molecule has 0 saturated carbocycles. The van der Waals surface area contributed by atoms with E-state index in [1.54, 1.807) is 24.4 Å². The quantitative estimate of drug-likeness (QED) is 0.576. The second-order valence-corrected chi connectivity index (χ2v) is 7.61. The van der Waals surface area contributed by atoms with Gasteiger partial charge in [0, 0.05) is 23.9 Å². The number of benzene rings is 2. The lowest BCUT2D eigenvalue weighted by molar-refractivity contribution is 0.0345. The van der Waals surface area contributed by atoms with Gasteiger partial charge in [-0.15, -0.1) is 0 Å². The summed E-state index contributed by atoms with van der Waals surface area (Å²) in [6.07, 6.45) is 4.27. The number of rotatable bonds is 5. The summed E-state index contributed by atoms with van der Waals surface area (Å²) in [6, 6.07) is 19.6. The highest BCUT2D eigenvalue weighted by Gasteiger charge is 2.32. The van der Waals surface area contributed by atoms with Crippen molar-refractivity contribution in [2.24, 2.45) is 0 Å². The van der Waals surface area contributed by atoms with Crippen molar-refractivity contribution in [3.8, 4) is 17.0 Å². The highest BCUT2D eigenvalue weighted by molar-refractivity contribution is 5.95. The number of pyridine rings is 1. The molecule has 2 unspecified atom stereocenters. The Balaban J connectivity index is 1.50. The first-order valence-corrected chi connectivity index (χ1v) is 10.4. The third-order valence-corrected chi connectivity index (χ3v) is 5.59. The molecule has 154 valence electrons. The Morgan fingerprint density at radius 2 is 1.83 bits per heavy atom. The number of para-hydroxylation sites is 1. The van der Waals surface area contributed by atoms with Gasteiger partial charge in [0.15, 0.2) is 11.6 Å². The van der Waals surface area contributed by atoms with Crippen LogP contribution in [0.15, 0.2) is 72.9 Å². The maximum absolute atomic E-state index is 14.0. The topological polar surface area (TPSA) is 42.4 Å². The van der Waals surface area contributed by atoms with Gasteiger partial charge in [0.2, 0.25) is 0 Å². The van der Waals surface area contributed by atoms with Gasteiger partial charge in [0.25, 0.3) is 5.91 Å². The van der Waals surface area contributed by atoms with Gasteiger partial charge in [-0.25, -0.2) is 4.39 Å². The number of likely N-dealkylation sites (tertiary alicyclic amines) is 1. The summed E-state index contributed by atoms with van der Waals surface area (Å²) < 4.78 is 19.9. The van der Waals surface area contributed by atoms with Gasteiger partial charge in [0.05, 0.1) is 11.7 Å². The van der Waals surface area contributed by atoms with E-state index in [9.17, 15) is 9.18 Å². The summed E-state index contributed by atoms with van der Waals surface area (Å²) in [7, 11) is 0. The zero-order valence-electron chi connectivity index (χ0n) is 17.0. The standard InChI is InChI=1S/C25H25FN2O2/c1-18(30-24-11-3-2-8-21(24)26)23-10-5-7-17-28(23)25(29)20-14-12-19(13-15-20)22-9-4-6-16-27-22/h2-4,6,8-9,11-16,18,23H,5,7,10,17H2,1H3. The molecule has 0 N–H and O–H groups in total. The van der Waals surface area contributed by atoms with Crippen LogP contribution in [-0.4, -0.2) is 34.5 Å². The molecule has 30 heavy (non-hydrogen) atoms. The number of nitrogens with zero attached hydrogens (tertiary/aromatic N) is 2. The van der Waals surface area contributed by atoms with Gasteiger partial charge < -0.3 is 9.64 Å². The van der Waals surface area contributed by atoms with Crippen LogP contribution in [0.25, 0.3) is 11.3 Å². The lowest BCUT2D eigenvalue weighted by Gasteiger charge is -2.39. The van der Waals surface area contributed by atoms with E-state index in [0.29, 0.717) is 12.1 Å². The molecule has 3 aromatic rings. The number of aromatic nitrogens is 1. The second-order valence-electron chi connectivity index (χ2n) is 7.61. The minimum Gasteiger partial charge on any atom is -0.485 e. The molecule has 5 heteroatoms. The van der Waals surface area contributed by atoms with Crippen LogP contribution in [0.5, 0.6) is 5.75 Å². The molecule has 1 saturated heterocycles. The first kappa shape index (κ1) is 20.1. The highest BCUT2D eigenvalue weighted by Crippen LogP contribution is 2.27. The van der Waals surface area contributed by atoms with Crippen molar-refractivity contribution in [3.05, 3.63) is 84.3 Å². The minimum absolute atomic E-state index is 0.0174. The normalized spacial score (nSPS) is 17.4. The van der Waals surface area contributed by atoms with E-state index < -0.39 is 0 Å². The molecular formula is C25H25FN2O2. The Morgan fingerprint density at radius 1 is 1.07 bits per heavy atom. The van der Waals surface area contributed by atoms with E-state index in [1.165, 1.54) is 6.07 Å². The van der Waals surface area contributed by atoms with Crippen molar-refractivity contribution in [3.63, 3.8) is 0 Å². The summed E-state index contributed by atoms with van der Waals surface area (Å²) in [5, 5.41) is 0.